The standard InChI is InChI=1S/C15H11N3O4S/c16-8-10-7-11(18(19)20)5-6-13(10)17-14-9-23(21,22)15-4-2-1-3-12(14)15/h1-7,14,17H,9H2. The molecule has 1 aliphatic rings. The van der Waals surface area contributed by atoms with E-state index < -0.39 is 20.8 Å². The maximum Gasteiger partial charge on any atom is 0.270 e. The van der Waals surface area contributed by atoms with Gasteiger partial charge in [0.25, 0.3) is 5.69 Å². The highest BCUT2D eigenvalue weighted by Crippen LogP contribution is 2.36. The van der Waals surface area contributed by atoms with E-state index in [4.69, 9.17) is 5.26 Å². The maximum absolute atomic E-state index is 12.2. The summed E-state index contributed by atoms with van der Waals surface area (Å²) in [6.07, 6.45) is 0. The van der Waals surface area contributed by atoms with Crippen LogP contribution < -0.4 is 5.32 Å². The number of anilines is 1. The first-order valence-corrected chi connectivity index (χ1v) is 8.34. The van der Waals surface area contributed by atoms with Gasteiger partial charge in [-0.1, -0.05) is 18.2 Å². The van der Waals surface area contributed by atoms with Gasteiger partial charge in [0, 0.05) is 12.1 Å². The Labute approximate surface area is 132 Å². The zero-order chi connectivity index (χ0) is 16.6. The van der Waals surface area contributed by atoms with Crippen LogP contribution in [0.3, 0.4) is 0 Å². The van der Waals surface area contributed by atoms with Crippen molar-refractivity contribution in [2.45, 2.75) is 10.9 Å². The van der Waals surface area contributed by atoms with E-state index in [-0.39, 0.29) is 21.9 Å². The molecule has 7 nitrogen and oxygen atoms in total. The molecule has 3 rings (SSSR count). The lowest BCUT2D eigenvalue weighted by molar-refractivity contribution is -0.384. The number of rotatable bonds is 3. The van der Waals surface area contributed by atoms with Gasteiger partial charge < -0.3 is 5.32 Å². The lowest BCUT2D eigenvalue weighted by Gasteiger charge is -2.15. The SMILES string of the molecule is N#Cc1cc([N+](=O)[O-])ccc1NC1CS(=O)(=O)c2ccccc21. The molecule has 0 saturated heterocycles. The number of nitro benzene ring substituents is 1. The molecular weight excluding hydrogens is 318 g/mol. The Morgan fingerprint density at radius 2 is 2.00 bits per heavy atom. The van der Waals surface area contributed by atoms with Crippen molar-refractivity contribution in [1.82, 2.24) is 0 Å². The van der Waals surface area contributed by atoms with Crippen LogP contribution in [0.2, 0.25) is 0 Å². The third kappa shape index (κ3) is 2.62. The molecule has 0 aliphatic carbocycles. The summed E-state index contributed by atoms with van der Waals surface area (Å²) in [4.78, 5) is 10.5. The van der Waals surface area contributed by atoms with Gasteiger partial charge in [-0.15, -0.1) is 0 Å². The fraction of sp³-hybridized carbons (Fsp3) is 0.133. The van der Waals surface area contributed by atoms with Gasteiger partial charge >= 0.3 is 0 Å². The minimum atomic E-state index is -3.37. The predicted molar refractivity (Wildman–Crippen MR) is 82.7 cm³/mol. The van der Waals surface area contributed by atoms with Crippen LogP contribution in [0.4, 0.5) is 11.4 Å². The molecule has 0 spiro atoms. The molecule has 0 bridgehead atoms. The molecular formula is C15H11N3O4S. The van der Waals surface area contributed by atoms with Crippen LogP contribution >= 0.6 is 0 Å². The molecule has 0 radical (unpaired) electrons. The van der Waals surface area contributed by atoms with Gasteiger partial charge in [-0.25, -0.2) is 8.42 Å². The van der Waals surface area contributed by atoms with Crippen LogP contribution in [0.1, 0.15) is 17.2 Å². The number of nitro groups is 1. The summed E-state index contributed by atoms with van der Waals surface area (Å²) in [5.41, 5.74) is 0.914. The molecule has 0 aromatic heterocycles. The molecule has 1 atom stereocenters. The molecule has 1 aliphatic heterocycles. The van der Waals surface area contributed by atoms with Crippen molar-refractivity contribution >= 4 is 21.2 Å². The quantitative estimate of drug-likeness (QED) is 0.683. The Balaban J connectivity index is 1.98. The number of non-ortho nitro benzene ring substituents is 1. The van der Waals surface area contributed by atoms with E-state index >= 15 is 0 Å². The molecule has 2 aromatic carbocycles. The topological polar surface area (TPSA) is 113 Å². The van der Waals surface area contributed by atoms with Gasteiger partial charge in [-0.2, -0.15) is 5.26 Å². The summed E-state index contributed by atoms with van der Waals surface area (Å²) in [5, 5.41) is 22.9. The van der Waals surface area contributed by atoms with Crippen molar-refractivity contribution in [1.29, 1.82) is 5.26 Å². The fourth-order valence-corrected chi connectivity index (χ4v) is 4.36. The number of hydrogen-bond acceptors (Lipinski definition) is 6. The average molecular weight is 329 g/mol. The van der Waals surface area contributed by atoms with Crippen molar-refractivity contribution in [3.63, 3.8) is 0 Å². The average Bonchev–Trinajstić information content (AvgIpc) is 2.79. The van der Waals surface area contributed by atoms with Gasteiger partial charge in [0.2, 0.25) is 0 Å². The third-order valence-corrected chi connectivity index (χ3v) is 5.49. The first-order chi connectivity index (χ1) is 10.9. The van der Waals surface area contributed by atoms with Gasteiger partial charge in [-0.3, -0.25) is 10.1 Å². The summed E-state index contributed by atoms with van der Waals surface area (Å²) in [7, 11) is -3.37. The lowest BCUT2D eigenvalue weighted by Crippen LogP contribution is -2.13. The number of benzene rings is 2. The Hall–Kier alpha value is -2.92. The van der Waals surface area contributed by atoms with Crippen LogP contribution in [0.15, 0.2) is 47.4 Å². The molecule has 116 valence electrons. The van der Waals surface area contributed by atoms with Crippen LogP contribution in [0.5, 0.6) is 0 Å². The zero-order valence-electron chi connectivity index (χ0n) is 11.8. The molecule has 0 saturated carbocycles. The highest BCUT2D eigenvalue weighted by Gasteiger charge is 2.34. The van der Waals surface area contributed by atoms with E-state index in [1.54, 1.807) is 24.3 Å². The Bertz CT molecular complexity index is 947. The number of nitrogens with one attached hydrogen (secondary N) is 1. The van der Waals surface area contributed by atoms with Crippen LogP contribution in [-0.2, 0) is 9.84 Å². The lowest BCUT2D eigenvalue weighted by atomic mass is 10.1. The van der Waals surface area contributed by atoms with Crippen molar-refractivity contribution < 1.29 is 13.3 Å². The molecule has 0 fully saturated rings. The van der Waals surface area contributed by atoms with Crippen molar-refractivity contribution in [3.8, 4) is 6.07 Å². The molecule has 2 aromatic rings. The molecule has 1 unspecified atom stereocenters. The summed E-state index contributed by atoms with van der Waals surface area (Å²) >= 11 is 0. The number of nitriles is 1. The number of fused-ring (bicyclic) bond motifs is 1. The number of sulfone groups is 1. The Morgan fingerprint density at radius 3 is 2.70 bits per heavy atom. The van der Waals surface area contributed by atoms with Crippen molar-refractivity contribution in [2.75, 3.05) is 11.1 Å². The Kier molecular flexibility index (Phi) is 3.50. The van der Waals surface area contributed by atoms with Gasteiger partial charge in [0.1, 0.15) is 6.07 Å². The van der Waals surface area contributed by atoms with Crippen LogP contribution in [0, 0.1) is 21.4 Å². The highest BCUT2D eigenvalue weighted by atomic mass is 32.2. The van der Waals surface area contributed by atoms with E-state index in [2.05, 4.69) is 5.32 Å². The first kappa shape index (κ1) is 15.0. The largest absolute Gasteiger partial charge is 0.376 e. The molecule has 8 heteroatoms. The number of nitrogens with zero attached hydrogens (tertiary/aromatic N) is 2. The minimum absolute atomic E-state index is 0.0981. The van der Waals surface area contributed by atoms with E-state index in [0.29, 0.717) is 11.3 Å². The first-order valence-electron chi connectivity index (χ1n) is 6.69. The molecule has 23 heavy (non-hydrogen) atoms. The number of hydrogen-bond donors (Lipinski definition) is 1. The molecule has 0 amide bonds. The van der Waals surface area contributed by atoms with Gasteiger partial charge in [0.15, 0.2) is 9.84 Å². The monoisotopic (exact) mass is 329 g/mol. The van der Waals surface area contributed by atoms with Gasteiger partial charge in [-0.05, 0) is 17.7 Å². The van der Waals surface area contributed by atoms with E-state index in [1.807, 2.05) is 6.07 Å². The van der Waals surface area contributed by atoms with Crippen molar-refractivity contribution in [3.05, 3.63) is 63.7 Å². The maximum atomic E-state index is 12.2. The minimum Gasteiger partial charge on any atom is -0.376 e. The third-order valence-electron chi connectivity index (χ3n) is 3.68. The van der Waals surface area contributed by atoms with E-state index in [9.17, 15) is 18.5 Å². The Morgan fingerprint density at radius 1 is 1.26 bits per heavy atom. The van der Waals surface area contributed by atoms with Crippen molar-refractivity contribution in [2.24, 2.45) is 0 Å². The smallest absolute Gasteiger partial charge is 0.270 e. The van der Waals surface area contributed by atoms with Crippen LogP contribution in [-0.4, -0.2) is 19.1 Å². The summed E-state index contributed by atoms with van der Waals surface area (Å²) in [6, 6.07) is 11.9. The van der Waals surface area contributed by atoms with Gasteiger partial charge in [0.05, 0.1) is 32.9 Å². The predicted octanol–water partition coefficient (Wildman–Crippen LogP) is 2.41. The summed E-state index contributed by atoms with van der Waals surface area (Å²) in [6.45, 7) is 0. The van der Waals surface area contributed by atoms with Crippen LogP contribution in [0.25, 0.3) is 0 Å². The summed E-state index contributed by atoms with van der Waals surface area (Å²) in [5.74, 6) is -0.117. The van der Waals surface area contributed by atoms with E-state index in [1.165, 1.54) is 12.1 Å². The fourth-order valence-electron chi connectivity index (χ4n) is 2.62. The summed E-state index contributed by atoms with van der Waals surface area (Å²) < 4.78 is 24.3. The molecule has 1 N–H and O–H groups in total. The highest BCUT2D eigenvalue weighted by molar-refractivity contribution is 7.91. The zero-order valence-corrected chi connectivity index (χ0v) is 12.6. The second-order valence-electron chi connectivity index (χ2n) is 5.11. The molecule has 1 heterocycles. The van der Waals surface area contributed by atoms with E-state index in [0.717, 1.165) is 6.07 Å². The second kappa shape index (κ2) is 5.37. The normalized spacial score (nSPS) is 18.0. The second-order valence-corrected chi connectivity index (χ2v) is 7.12.